The zero-order chi connectivity index (χ0) is 25.4. The highest BCUT2D eigenvalue weighted by Gasteiger charge is 2.50. The number of amides is 1. The highest BCUT2D eigenvalue weighted by molar-refractivity contribution is 5.82. The summed E-state index contributed by atoms with van der Waals surface area (Å²) in [6.07, 6.45) is 6.33. The molecule has 0 aromatic carbocycles. The third kappa shape index (κ3) is 4.34. The van der Waals surface area contributed by atoms with Crippen LogP contribution in [0.15, 0.2) is 61.2 Å². The smallest absolute Gasteiger partial charge is 0.228 e. The fourth-order valence-electron chi connectivity index (χ4n) is 5.86. The van der Waals surface area contributed by atoms with Crippen molar-refractivity contribution in [3.63, 3.8) is 0 Å². The lowest BCUT2D eigenvalue weighted by atomic mass is 9.72. The van der Waals surface area contributed by atoms with Gasteiger partial charge in [0.05, 0.1) is 29.7 Å². The summed E-state index contributed by atoms with van der Waals surface area (Å²) in [5.74, 6) is -1.23. The van der Waals surface area contributed by atoms with Crippen LogP contribution in [0.4, 0.5) is 10.1 Å². The minimum atomic E-state index is -1.11. The molecule has 2 aliphatic heterocycles. The Hall–Kier alpha value is -3.39. The van der Waals surface area contributed by atoms with E-state index in [1.807, 2.05) is 67.1 Å². The van der Waals surface area contributed by atoms with Crippen LogP contribution in [0.2, 0.25) is 0 Å². The molecule has 188 valence electrons. The minimum Gasteiger partial charge on any atom is -0.383 e. The number of pyridine rings is 3. The van der Waals surface area contributed by atoms with Crippen molar-refractivity contribution in [1.82, 2.24) is 19.9 Å². The second-order valence-electron chi connectivity index (χ2n) is 10.3. The highest BCUT2D eigenvalue weighted by atomic mass is 19.1. The first kappa shape index (κ1) is 24.3. The highest BCUT2D eigenvalue weighted by Crippen LogP contribution is 2.42. The van der Waals surface area contributed by atoms with Crippen molar-refractivity contribution in [1.29, 1.82) is 0 Å². The van der Waals surface area contributed by atoms with Gasteiger partial charge in [0.15, 0.2) is 0 Å². The Labute approximate surface area is 211 Å². The van der Waals surface area contributed by atoms with E-state index in [4.69, 9.17) is 0 Å². The Kier molecular flexibility index (Phi) is 6.47. The van der Waals surface area contributed by atoms with Crippen LogP contribution in [-0.2, 0) is 10.4 Å². The third-order valence-electron chi connectivity index (χ3n) is 7.88. The number of aryl methyl sites for hydroxylation is 1. The van der Waals surface area contributed by atoms with Crippen LogP contribution < -0.4 is 4.90 Å². The van der Waals surface area contributed by atoms with Gasteiger partial charge in [0, 0.05) is 68.1 Å². The minimum absolute atomic E-state index is 0.0380. The lowest BCUT2D eigenvalue weighted by Crippen LogP contribution is -2.57. The molecule has 5 rings (SSSR count). The summed E-state index contributed by atoms with van der Waals surface area (Å²) in [6.45, 7) is 7.80. The lowest BCUT2D eigenvalue weighted by molar-refractivity contribution is -0.153. The third-order valence-corrected chi connectivity index (χ3v) is 7.88. The first-order valence-electron chi connectivity index (χ1n) is 12.5. The molecule has 0 aliphatic carbocycles. The largest absolute Gasteiger partial charge is 0.383 e. The molecule has 1 unspecified atom stereocenters. The van der Waals surface area contributed by atoms with Gasteiger partial charge in [-0.1, -0.05) is 26.0 Å². The van der Waals surface area contributed by atoms with Crippen LogP contribution in [0.5, 0.6) is 0 Å². The maximum atomic E-state index is 14.0. The van der Waals surface area contributed by atoms with Crippen LogP contribution in [0, 0.1) is 30.5 Å². The number of carbonyl (C=O) groups excluding carboxylic acids is 1. The summed E-state index contributed by atoms with van der Waals surface area (Å²) in [4.78, 5) is 31.0. The van der Waals surface area contributed by atoms with E-state index in [-0.39, 0.29) is 29.6 Å². The first-order valence-corrected chi connectivity index (χ1v) is 12.5. The molecule has 0 saturated carbocycles. The summed E-state index contributed by atoms with van der Waals surface area (Å²) < 4.78 is 13.9. The molecule has 0 radical (unpaired) electrons. The van der Waals surface area contributed by atoms with Gasteiger partial charge in [-0.05, 0) is 30.7 Å². The van der Waals surface area contributed by atoms with Crippen molar-refractivity contribution in [3.05, 3.63) is 84.0 Å². The molecule has 2 fully saturated rings. The number of hydrogen-bond acceptors (Lipinski definition) is 6. The average Bonchev–Trinajstić information content (AvgIpc) is 3.33. The van der Waals surface area contributed by atoms with Crippen LogP contribution in [0.3, 0.4) is 0 Å². The van der Waals surface area contributed by atoms with Gasteiger partial charge >= 0.3 is 0 Å². The molecule has 1 amide bonds. The molecule has 3 aromatic rings. The Morgan fingerprint density at radius 3 is 2.44 bits per heavy atom. The number of carbonyl (C=O) groups is 1. The first-order chi connectivity index (χ1) is 17.3. The van der Waals surface area contributed by atoms with Crippen LogP contribution in [-0.4, -0.2) is 57.0 Å². The van der Waals surface area contributed by atoms with E-state index in [2.05, 4.69) is 15.0 Å². The zero-order valence-corrected chi connectivity index (χ0v) is 20.9. The monoisotopic (exact) mass is 489 g/mol. The molecule has 1 N–H and O–H groups in total. The Morgan fingerprint density at radius 2 is 1.81 bits per heavy atom. The molecule has 5 heterocycles. The van der Waals surface area contributed by atoms with Crippen LogP contribution in [0.1, 0.15) is 36.7 Å². The molecule has 5 atom stereocenters. The van der Waals surface area contributed by atoms with Crippen molar-refractivity contribution in [2.75, 3.05) is 31.1 Å². The van der Waals surface area contributed by atoms with E-state index < -0.39 is 11.4 Å². The number of halogens is 1. The van der Waals surface area contributed by atoms with E-state index in [0.717, 1.165) is 11.3 Å². The summed E-state index contributed by atoms with van der Waals surface area (Å²) in [7, 11) is 0. The maximum Gasteiger partial charge on any atom is 0.228 e. The van der Waals surface area contributed by atoms with Crippen molar-refractivity contribution >= 4 is 11.6 Å². The van der Waals surface area contributed by atoms with Crippen molar-refractivity contribution in [3.8, 4) is 0 Å². The molecular weight excluding hydrogens is 457 g/mol. The number of nitrogens with zero attached hydrogens (tertiary/aromatic N) is 5. The fraction of sp³-hybridized carbons (Fsp3) is 0.429. The standard InChI is InChI=1S/C28H32FN5O2/c1-18-7-8-25(32-11-18)23-16-33(22-10-21(29)12-30-13-22)17-24(23)27(35)34-14-19(2)28(36,20(3)15-34)26-6-4-5-9-31-26/h4-13,19-20,23-24,36H,14-17H2,1-3H3/t19-,20+,23-,24-,28?/m1/s1. The quantitative estimate of drug-likeness (QED) is 0.604. The van der Waals surface area contributed by atoms with Crippen molar-refractivity contribution in [2.45, 2.75) is 32.3 Å². The number of rotatable bonds is 4. The normalized spacial score (nSPS) is 28.4. The van der Waals surface area contributed by atoms with Gasteiger partial charge in [-0.25, -0.2) is 4.39 Å². The number of hydrogen-bond donors (Lipinski definition) is 1. The van der Waals surface area contributed by atoms with Gasteiger partial charge in [-0.2, -0.15) is 0 Å². The van der Waals surface area contributed by atoms with E-state index in [1.54, 1.807) is 12.4 Å². The Balaban J connectivity index is 1.41. The molecule has 36 heavy (non-hydrogen) atoms. The van der Waals surface area contributed by atoms with Gasteiger partial charge in [0.1, 0.15) is 11.4 Å². The predicted octanol–water partition coefficient (Wildman–Crippen LogP) is 3.54. The van der Waals surface area contributed by atoms with Gasteiger partial charge in [0.25, 0.3) is 0 Å². The number of aliphatic hydroxyl groups is 1. The molecular formula is C28H32FN5O2. The number of piperidine rings is 1. The van der Waals surface area contributed by atoms with Crippen molar-refractivity contribution < 1.29 is 14.3 Å². The van der Waals surface area contributed by atoms with Crippen LogP contribution in [0.25, 0.3) is 0 Å². The summed E-state index contributed by atoms with van der Waals surface area (Å²) in [6, 6.07) is 11.0. The number of aromatic nitrogens is 3. The van der Waals surface area contributed by atoms with E-state index >= 15 is 0 Å². The van der Waals surface area contributed by atoms with E-state index in [1.165, 1.54) is 12.3 Å². The second-order valence-corrected chi connectivity index (χ2v) is 10.3. The Morgan fingerprint density at radius 1 is 1.03 bits per heavy atom. The second kappa shape index (κ2) is 9.58. The maximum absolute atomic E-state index is 14.0. The molecule has 2 saturated heterocycles. The van der Waals surface area contributed by atoms with Crippen molar-refractivity contribution in [2.24, 2.45) is 17.8 Å². The van der Waals surface area contributed by atoms with Gasteiger partial charge < -0.3 is 14.9 Å². The SMILES string of the molecule is Cc1ccc([C@@H]2CN(c3cncc(F)c3)C[C@H]2C(=O)N2C[C@@H](C)C(O)(c3ccccn3)[C@@H](C)C2)nc1. The van der Waals surface area contributed by atoms with Crippen LogP contribution >= 0.6 is 0 Å². The van der Waals surface area contributed by atoms with Gasteiger partial charge in [-0.15, -0.1) is 0 Å². The molecule has 0 spiro atoms. The van der Waals surface area contributed by atoms with Gasteiger partial charge in [0.2, 0.25) is 5.91 Å². The molecule has 7 nitrogen and oxygen atoms in total. The molecule has 0 bridgehead atoms. The topological polar surface area (TPSA) is 82.5 Å². The molecule has 2 aliphatic rings. The van der Waals surface area contributed by atoms with E-state index in [0.29, 0.717) is 37.6 Å². The summed E-state index contributed by atoms with van der Waals surface area (Å²) in [5, 5.41) is 11.7. The lowest BCUT2D eigenvalue weighted by Gasteiger charge is -2.48. The summed E-state index contributed by atoms with van der Waals surface area (Å²) >= 11 is 0. The summed E-state index contributed by atoms with van der Waals surface area (Å²) in [5.41, 5.74) is 2.11. The zero-order valence-electron chi connectivity index (χ0n) is 20.9. The number of anilines is 1. The predicted molar refractivity (Wildman–Crippen MR) is 135 cm³/mol. The van der Waals surface area contributed by atoms with E-state index in [9.17, 15) is 14.3 Å². The molecule has 3 aromatic heterocycles. The van der Waals surface area contributed by atoms with Gasteiger partial charge in [-0.3, -0.25) is 19.7 Å². The average molecular weight is 490 g/mol. The Bertz CT molecular complexity index is 1210. The molecule has 8 heteroatoms. The number of likely N-dealkylation sites (tertiary alicyclic amines) is 1. The fourth-order valence-corrected chi connectivity index (χ4v) is 5.86.